The summed E-state index contributed by atoms with van der Waals surface area (Å²) in [4.78, 5) is 0. The van der Waals surface area contributed by atoms with Gasteiger partial charge in [0.05, 0.1) is 11.9 Å². The van der Waals surface area contributed by atoms with E-state index in [9.17, 15) is 5.11 Å². The number of rotatable bonds is 4. The second kappa shape index (κ2) is 7.36. The molecule has 0 fully saturated rings. The van der Waals surface area contributed by atoms with Crippen molar-refractivity contribution in [1.82, 2.24) is 0 Å². The van der Waals surface area contributed by atoms with Crippen molar-refractivity contribution in [3.63, 3.8) is 0 Å². The van der Waals surface area contributed by atoms with E-state index in [1.165, 1.54) is 0 Å². The van der Waals surface area contributed by atoms with Gasteiger partial charge in [-0.2, -0.15) is 0 Å². The Morgan fingerprint density at radius 3 is 2.54 bits per heavy atom. The smallest absolute Gasteiger partial charge is 0.250 e. The van der Waals surface area contributed by atoms with Crippen LogP contribution in [-0.2, 0) is 4.43 Å². The SMILES string of the molecule is CC(C)(C)[Si](C)(C)OC1=CCC(C(O)c2cc(Br)ccc2Cl)C=C1. The summed E-state index contributed by atoms with van der Waals surface area (Å²) in [6.45, 7) is 11.2. The molecule has 0 radical (unpaired) electrons. The minimum Gasteiger partial charge on any atom is -0.544 e. The number of hydrogen-bond donors (Lipinski definition) is 1. The second-order valence-electron chi connectivity index (χ2n) is 7.84. The highest BCUT2D eigenvalue weighted by molar-refractivity contribution is 9.10. The Hall–Kier alpha value is -0.553. The molecular weight excluding hydrogens is 404 g/mol. The third-order valence-corrected chi connectivity index (χ3v) is 10.2. The first-order chi connectivity index (χ1) is 11.0. The number of aliphatic hydroxyl groups is 1. The van der Waals surface area contributed by atoms with E-state index in [1.54, 1.807) is 6.07 Å². The van der Waals surface area contributed by atoms with Gasteiger partial charge in [0, 0.05) is 21.0 Å². The van der Waals surface area contributed by atoms with Gasteiger partial charge in [0.2, 0.25) is 8.32 Å². The molecule has 0 aromatic heterocycles. The van der Waals surface area contributed by atoms with Crippen molar-refractivity contribution in [2.45, 2.75) is 51.4 Å². The second-order valence-corrected chi connectivity index (χ2v) is 13.9. The third-order valence-electron chi connectivity index (χ3n) is 4.96. The molecule has 1 aromatic carbocycles. The summed E-state index contributed by atoms with van der Waals surface area (Å²) in [6, 6.07) is 5.56. The van der Waals surface area contributed by atoms with Crippen molar-refractivity contribution in [1.29, 1.82) is 0 Å². The summed E-state index contributed by atoms with van der Waals surface area (Å²) in [6.07, 6.45) is 6.22. The minimum absolute atomic E-state index is 0.00330. The Kier molecular flexibility index (Phi) is 6.06. The van der Waals surface area contributed by atoms with Crippen LogP contribution >= 0.6 is 27.5 Å². The summed E-state index contributed by atoms with van der Waals surface area (Å²) in [5, 5.41) is 11.4. The van der Waals surface area contributed by atoms with Crippen molar-refractivity contribution in [2.24, 2.45) is 5.92 Å². The zero-order chi connectivity index (χ0) is 18.1. The minimum atomic E-state index is -1.83. The molecule has 1 aromatic rings. The lowest BCUT2D eigenvalue weighted by Crippen LogP contribution is -2.40. The summed E-state index contributed by atoms with van der Waals surface area (Å²) in [7, 11) is -1.83. The normalized spacial score (nSPS) is 19.8. The maximum absolute atomic E-state index is 10.7. The van der Waals surface area contributed by atoms with Gasteiger partial charge >= 0.3 is 0 Å². The molecule has 2 rings (SSSR count). The van der Waals surface area contributed by atoms with Gasteiger partial charge in [-0.15, -0.1) is 0 Å². The van der Waals surface area contributed by atoms with E-state index in [4.69, 9.17) is 16.0 Å². The van der Waals surface area contributed by atoms with Crippen LogP contribution < -0.4 is 0 Å². The van der Waals surface area contributed by atoms with Crippen LogP contribution in [0.1, 0.15) is 38.9 Å². The van der Waals surface area contributed by atoms with Crippen molar-refractivity contribution < 1.29 is 9.53 Å². The lowest BCUT2D eigenvalue weighted by molar-refractivity contribution is 0.131. The monoisotopic (exact) mass is 428 g/mol. The molecule has 0 saturated carbocycles. The van der Waals surface area contributed by atoms with Gasteiger partial charge in [-0.25, -0.2) is 0 Å². The van der Waals surface area contributed by atoms with Gasteiger partial charge in [-0.3, -0.25) is 0 Å². The molecule has 0 spiro atoms. The fraction of sp³-hybridized carbons (Fsp3) is 0.474. The van der Waals surface area contributed by atoms with Crippen LogP contribution in [-0.4, -0.2) is 13.4 Å². The average molecular weight is 430 g/mol. The van der Waals surface area contributed by atoms with Gasteiger partial charge in [-0.1, -0.05) is 54.4 Å². The molecule has 0 heterocycles. The molecule has 132 valence electrons. The first-order valence-corrected chi connectivity index (χ1v) is 12.3. The molecule has 1 N–H and O–H groups in total. The maximum Gasteiger partial charge on any atom is 0.250 e. The number of benzene rings is 1. The van der Waals surface area contributed by atoms with E-state index in [2.05, 4.69) is 55.9 Å². The average Bonchev–Trinajstić information content (AvgIpc) is 2.48. The maximum atomic E-state index is 10.7. The van der Waals surface area contributed by atoms with Gasteiger partial charge < -0.3 is 9.53 Å². The molecule has 1 aliphatic carbocycles. The van der Waals surface area contributed by atoms with E-state index in [0.717, 1.165) is 22.2 Å². The lowest BCUT2D eigenvalue weighted by atomic mass is 9.90. The lowest BCUT2D eigenvalue weighted by Gasteiger charge is -2.37. The van der Waals surface area contributed by atoms with Crippen LogP contribution in [0.2, 0.25) is 23.2 Å². The van der Waals surface area contributed by atoms with Gasteiger partial charge in [0.1, 0.15) is 0 Å². The molecule has 0 aliphatic heterocycles. The molecule has 2 atom stereocenters. The Balaban J connectivity index is 2.08. The van der Waals surface area contributed by atoms with E-state index in [-0.39, 0.29) is 11.0 Å². The molecular formula is C19H26BrClO2Si. The number of halogens is 2. The Morgan fingerprint density at radius 2 is 2.00 bits per heavy atom. The first kappa shape index (κ1) is 19.8. The fourth-order valence-corrected chi connectivity index (χ4v) is 4.00. The zero-order valence-electron chi connectivity index (χ0n) is 14.9. The Bertz CT molecular complexity index is 662. The predicted molar refractivity (Wildman–Crippen MR) is 108 cm³/mol. The van der Waals surface area contributed by atoms with E-state index >= 15 is 0 Å². The van der Waals surface area contributed by atoms with E-state index < -0.39 is 14.4 Å². The highest BCUT2D eigenvalue weighted by Gasteiger charge is 2.39. The molecule has 0 amide bonds. The van der Waals surface area contributed by atoms with Crippen LogP contribution in [0.3, 0.4) is 0 Å². The summed E-state index contributed by atoms with van der Waals surface area (Å²) in [5.41, 5.74) is 0.753. The Morgan fingerprint density at radius 1 is 1.33 bits per heavy atom. The first-order valence-electron chi connectivity index (χ1n) is 8.21. The number of allylic oxidation sites excluding steroid dienone is 2. The summed E-state index contributed by atoms with van der Waals surface area (Å²) in [5.74, 6) is 0.925. The molecule has 0 bridgehead atoms. The van der Waals surface area contributed by atoms with Crippen molar-refractivity contribution in [3.05, 3.63) is 57.2 Å². The zero-order valence-corrected chi connectivity index (χ0v) is 18.3. The number of aliphatic hydroxyl groups excluding tert-OH is 1. The van der Waals surface area contributed by atoms with Crippen LogP contribution in [0.5, 0.6) is 0 Å². The van der Waals surface area contributed by atoms with Gasteiger partial charge in [-0.05, 0) is 54.9 Å². The highest BCUT2D eigenvalue weighted by atomic mass is 79.9. The van der Waals surface area contributed by atoms with Crippen molar-refractivity contribution in [3.8, 4) is 0 Å². The molecule has 2 unspecified atom stereocenters. The van der Waals surface area contributed by atoms with Crippen LogP contribution in [0.15, 0.2) is 46.7 Å². The van der Waals surface area contributed by atoms with Gasteiger partial charge in [0.15, 0.2) is 0 Å². The van der Waals surface area contributed by atoms with Gasteiger partial charge in [0.25, 0.3) is 0 Å². The Labute approximate surface area is 159 Å². The fourth-order valence-electron chi connectivity index (χ4n) is 2.35. The molecule has 1 aliphatic rings. The third kappa shape index (κ3) is 4.54. The molecule has 24 heavy (non-hydrogen) atoms. The number of hydrogen-bond acceptors (Lipinski definition) is 2. The molecule has 5 heteroatoms. The quantitative estimate of drug-likeness (QED) is 0.545. The van der Waals surface area contributed by atoms with Crippen LogP contribution in [0, 0.1) is 5.92 Å². The van der Waals surface area contributed by atoms with Crippen molar-refractivity contribution in [2.75, 3.05) is 0 Å². The highest BCUT2D eigenvalue weighted by Crippen LogP contribution is 2.40. The van der Waals surface area contributed by atoms with Crippen LogP contribution in [0.25, 0.3) is 0 Å². The standard InChI is InChI=1S/C19H26BrClO2Si/c1-19(2,3)24(4,5)23-15-9-6-13(7-10-15)18(22)16-12-14(20)8-11-17(16)21/h6,8-13,18,22H,7H2,1-5H3. The summed E-state index contributed by atoms with van der Waals surface area (Å²) >= 11 is 9.67. The van der Waals surface area contributed by atoms with E-state index in [0.29, 0.717) is 5.02 Å². The largest absolute Gasteiger partial charge is 0.544 e. The van der Waals surface area contributed by atoms with Crippen molar-refractivity contribution >= 4 is 35.8 Å². The molecule has 2 nitrogen and oxygen atoms in total. The molecule has 0 saturated heterocycles. The topological polar surface area (TPSA) is 29.5 Å². The summed E-state index contributed by atoms with van der Waals surface area (Å²) < 4.78 is 7.23. The van der Waals surface area contributed by atoms with Crippen LogP contribution in [0.4, 0.5) is 0 Å². The predicted octanol–water partition coefficient (Wildman–Crippen LogP) is 6.62. The van der Waals surface area contributed by atoms with E-state index in [1.807, 2.05) is 24.3 Å².